The van der Waals surface area contributed by atoms with Gasteiger partial charge in [-0.05, 0) is 41.5 Å². The highest BCUT2D eigenvalue weighted by atomic mass is 32.2. The summed E-state index contributed by atoms with van der Waals surface area (Å²) < 4.78 is 0. The predicted octanol–water partition coefficient (Wildman–Crippen LogP) is 3.34. The van der Waals surface area contributed by atoms with E-state index in [1.54, 1.807) is 30.4 Å². The molecule has 0 unspecified atom stereocenters. The number of thioether (sulfide) groups is 1. The molecule has 0 atom stereocenters. The molecule has 0 aliphatic heterocycles. The van der Waals surface area contributed by atoms with Gasteiger partial charge in [0.05, 0.1) is 11.4 Å². The molecule has 0 saturated carbocycles. The Bertz CT molecular complexity index is 742. The summed E-state index contributed by atoms with van der Waals surface area (Å²) in [6.45, 7) is 0. The second kappa shape index (κ2) is 7.60. The Morgan fingerprint density at radius 3 is 2.52 bits per heavy atom. The molecule has 116 valence electrons. The largest absolute Gasteiger partial charge is 0.325 e. The van der Waals surface area contributed by atoms with Crippen molar-refractivity contribution in [3.63, 3.8) is 0 Å². The van der Waals surface area contributed by atoms with Crippen LogP contribution >= 0.6 is 11.8 Å². The predicted molar refractivity (Wildman–Crippen MR) is 93.1 cm³/mol. The van der Waals surface area contributed by atoms with Gasteiger partial charge in [-0.2, -0.15) is 5.10 Å². The van der Waals surface area contributed by atoms with Gasteiger partial charge in [-0.3, -0.25) is 14.9 Å². The Balaban J connectivity index is 1.48. The van der Waals surface area contributed by atoms with Gasteiger partial charge in [0.1, 0.15) is 0 Å². The number of carbonyl (C=O) groups is 1. The van der Waals surface area contributed by atoms with E-state index in [1.165, 1.54) is 5.56 Å². The van der Waals surface area contributed by atoms with Gasteiger partial charge in [-0.15, -0.1) is 11.8 Å². The van der Waals surface area contributed by atoms with Crippen LogP contribution in [0, 0.1) is 0 Å². The number of amides is 1. The van der Waals surface area contributed by atoms with E-state index in [0.29, 0.717) is 5.75 Å². The molecule has 0 spiro atoms. The summed E-state index contributed by atoms with van der Waals surface area (Å²) >= 11 is 1.58. The molecule has 5 nitrogen and oxygen atoms in total. The van der Waals surface area contributed by atoms with Crippen LogP contribution in [0.5, 0.6) is 0 Å². The molecule has 2 aromatic heterocycles. The number of hydrogen-bond acceptors (Lipinski definition) is 4. The fourth-order valence-corrected chi connectivity index (χ4v) is 2.88. The van der Waals surface area contributed by atoms with Crippen LogP contribution in [0.25, 0.3) is 11.3 Å². The number of aromatic nitrogens is 3. The van der Waals surface area contributed by atoms with Crippen molar-refractivity contribution in [2.75, 3.05) is 11.1 Å². The molecule has 23 heavy (non-hydrogen) atoms. The van der Waals surface area contributed by atoms with Crippen molar-refractivity contribution in [2.24, 2.45) is 0 Å². The summed E-state index contributed by atoms with van der Waals surface area (Å²) in [5.41, 5.74) is 3.95. The molecule has 0 aliphatic rings. The smallest absolute Gasteiger partial charge is 0.234 e. The van der Waals surface area contributed by atoms with Gasteiger partial charge in [0.25, 0.3) is 0 Å². The van der Waals surface area contributed by atoms with E-state index >= 15 is 0 Å². The molecule has 0 aliphatic carbocycles. The normalized spacial score (nSPS) is 10.4. The van der Waals surface area contributed by atoms with Crippen molar-refractivity contribution < 1.29 is 4.79 Å². The minimum Gasteiger partial charge on any atom is -0.325 e. The fraction of sp³-hybridized carbons (Fsp3) is 0.118. The van der Waals surface area contributed by atoms with Crippen LogP contribution in [0.2, 0.25) is 0 Å². The lowest BCUT2D eigenvalue weighted by Crippen LogP contribution is -2.14. The zero-order valence-electron chi connectivity index (χ0n) is 12.4. The maximum absolute atomic E-state index is 12.0. The number of hydrogen-bond donors (Lipinski definition) is 2. The Morgan fingerprint density at radius 1 is 1.04 bits per heavy atom. The second-order valence-corrected chi connectivity index (χ2v) is 5.93. The van der Waals surface area contributed by atoms with E-state index < -0.39 is 0 Å². The second-order valence-electron chi connectivity index (χ2n) is 4.94. The average molecular weight is 324 g/mol. The first-order valence-corrected chi connectivity index (χ1v) is 8.33. The van der Waals surface area contributed by atoms with Gasteiger partial charge in [0, 0.05) is 30.0 Å². The van der Waals surface area contributed by atoms with Gasteiger partial charge >= 0.3 is 0 Å². The Morgan fingerprint density at radius 2 is 1.83 bits per heavy atom. The lowest BCUT2D eigenvalue weighted by Gasteiger charge is -2.06. The molecule has 3 aromatic rings. The molecule has 2 heterocycles. The quantitative estimate of drug-likeness (QED) is 0.729. The summed E-state index contributed by atoms with van der Waals surface area (Å²) in [6, 6.07) is 13.5. The topological polar surface area (TPSA) is 70.7 Å². The summed E-state index contributed by atoms with van der Waals surface area (Å²) in [4.78, 5) is 15.9. The van der Waals surface area contributed by atoms with E-state index in [2.05, 4.69) is 20.5 Å². The first-order valence-electron chi connectivity index (χ1n) is 7.17. The molecule has 0 fully saturated rings. The zero-order chi connectivity index (χ0) is 15.9. The summed E-state index contributed by atoms with van der Waals surface area (Å²) in [7, 11) is 0. The van der Waals surface area contributed by atoms with Crippen LogP contribution in [0.3, 0.4) is 0 Å². The van der Waals surface area contributed by atoms with Crippen LogP contribution < -0.4 is 5.32 Å². The van der Waals surface area contributed by atoms with Gasteiger partial charge in [-0.25, -0.2) is 0 Å². The lowest BCUT2D eigenvalue weighted by atomic mass is 10.1. The van der Waals surface area contributed by atoms with E-state index in [4.69, 9.17) is 0 Å². The number of pyridine rings is 1. The Kier molecular flexibility index (Phi) is 5.06. The van der Waals surface area contributed by atoms with Gasteiger partial charge < -0.3 is 5.32 Å². The van der Waals surface area contributed by atoms with Gasteiger partial charge in [-0.1, -0.05) is 12.1 Å². The third-order valence-corrected chi connectivity index (χ3v) is 4.24. The number of benzene rings is 1. The average Bonchev–Trinajstić information content (AvgIpc) is 3.11. The van der Waals surface area contributed by atoms with Crippen LogP contribution in [0.1, 0.15) is 5.56 Å². The SMILES string of the molecule is O=C(CSCc1ccncc1)Nc1ccc(-c2ccn[nH]2)cc1. The van der Waals surface area contributed by atoms with Crippen molar-refractivity contribution in [1.82, 2.24) is 15.2 Å². The summed E-state index contributed by atoms with van der Waals surface area (Å²) in [5, 5.41) is 9.74. The minimum absolute atomic E-state index is 0.00153. The number of nitrogens with zero attached hydrogens (tertiary/aromatic N) is 2. The molecular weight excluding hydrogens is 308 g/mol. The first-order chi connectivity index (χ1) is 11.3. The minimum atomic E-state index is -0.00153. The Hall–Kier alpha value is -2.60. The summed E-state index contributed by atoms with van der Waals surface area (Å²) in [5.74, 6) is 1.22. The number of H-pyrrole nitrogens is 1. The molecule has 3 rings (SSSR count). The van der Waals surface area contributed by atoms with Crippen LogP contribution in [0.15, 0.2) is 61.1 Å². The number of carbonyl (C=O) groups excluding carboxylic acids is 1. The van der Waals surface area contributed by atoms with Crippen molar-refractivity contribution in [3.05, 3.63) is 66.6 Å². The number of rotatable bonds is 6. The third-order valence-electron chi connectivity index (χ3n) is 3.23. The third kappa shape index (κ3) is 4.43. The zero-order valence-corrected chi connectivity index (χ0v) is 13.2. The van der Waals surface area contributed by atoms with Crippen LogP contribution in [-0.4, -0.2) is 26.8 Å². The van der Waals surface area contributed by atoms with Crippen LogP contribution in [-0.2, 0) is 10.5 Å². The highest BCUT2D eigenvalue weighted by molar-refractivity contribution is 7.99. The maximum atomic E-state index is 12.0. The molecular formula is C17H16N4OS. The lowest BCUT2D eigenvalue weighted by molar-refractivity contribution is -0.113. The monoisotopic (exact) mass is 324 g/mol. The fourth-order valence-electron chi connectivity index (χ4n) is 2.09. The van der Waals surface area contributed by atoms with Crippen molar-refractivity contribution >= 4 is 23.4 Å². The van der Waals surface area contributed by atoms with E-state index in [-0.39, 0.29) is 5.91 Å². The first kappa shape index (κ1) is 15.3. The highest BCUT2D eigenvalue weighted by Gasteiger charge is 2.04. The van der Waals surface area contributed by atoms with E-state index in [9.17, 15) is 4.79 Å². The van der Waals surface area contributed by atoms with Gasteiger partial charge in [0.2, 0.25) is 5.91 Å². The number of nitrogens with one attached hydrogen (secondary N) is 2. The van der Waals surface area contributed by atoms with E-state index in [0.717, 1.165) is 22.7 Å². The van der Waals surface area contributed by atoms with Crippen molar-refractivity contribution in [3.8, 4) is 11.3 Å². The molecule has 0 radical (unpaired) electrons. The molecule has 1 aromatic carbocycles. The maximum Gasteiger partial charge on any atom is 0.234 e. The number of aromatic amines is 1. The number of anilines is 1. The van der Waals surface area contributed by atoms with Gasteiger partial charge in [0.15, 0.2) is 0 Å². The van der Waals surface area contributed by atoms with Crippen molar-refractivity contribution in [1.29, 1.82) is 0 Å². The highest BCUT2D eigenvalue weighted by Crippen LogP contribution is 2.19. The molecule has 1 amide bonds. The summed E-state index contributed by atoms with van der Waals surface area (Å²) in [6.07, 6.45) is 5.24. The molecule has 2 N–H and O–H groups in total. The van der Waals surface area contributed by atoms with Crippen molar-refractivity contribution in [2.45, 2.75) is 5.75 Å². The Labute approximate surface area is 138 Å². The van der Waals surface area contributed by atoms with Crippen LogP contribution in [0.4, 0.5) is 5.69 Å². The standard InChI is InChI=1S/C17H16N4OS/c22-17(12-23-11-13-5-8-18-9-6-13)20-15-3-1-14(2-4-15)16-7-10-19-21-16/h1-10H,11-12H2,(H,19,21)(H,20,22). The van der Waals surface area contributed by atoms with E-state index in [1.807, 2.05) is 42.5 Å². The molecule has 0 bridgehead atoms. The molecule has 6 heteroatoms. The molecule has 0 saturated heterocycles.